The van der Waals surface area contributed by atoms with Gasteiger partial charge >= 0.3 is 6.18 Å². The molecule has 1 atom stereocenters. The van der Waals surface area contributed by atoms with Crippen LogP contribution in [0.25, 0.3) is 0 Å². The number of hydrogen-bond donors (Lipinski definition) is 1. The van der Waals surface area contributed by atoms with Crippen molar-refractivity contribution >= 4 is 0 Å². The first-order chi connectivity index (χ1) is 9.30. The zero-order valence-corrected chi connectivity index (χ0v) is 11.0. The fraction of sp³-hybridized carbons (Fsp3) is 0.571. The Morgan fingerprint density at radius 2 is 1.85 bits per heavy atom. The van der Waals surface area contributed by atoms with Crippen molar-refractivity contribution in [2.24, 2.45) is 0 Å². The van der Waals surface area contributed by atoms with Gasteiger partial charge in [0.15, 0.2) is 0 Å². The molecule has 0 aliphatic heterocycles. The second kappa shape index (κ2) is 5.33. The molecule has 1 aliphatic carbocycles. The average molecular weight is 292 g/mol. The van der Waals surface area contributed by atoms with E-state index in [2.05, 4.69) is 0 Å². The minimum absolute atomic E-state index is 0.110. The molecule has 112 valence electrons. The van der Waals surface area contributed by atoms with E-state index in [0.717, 1.165) is 25.0 Å². The van der Waals surface area contributed by atoms with Crippen molar-refractivity contribution in [2.45, 2.75) is 43.6 Å². The number of hydrogen-bond acceptors (Lipinski definition) is 2. The number of rotatable bonds is 3. The molecule has 2 nitrogen and oxygen atoms in total. The van der Waals surface area contributed by atoms with Gasteiger partial charge in [0.1, 0.15) is 11.9 Å². The fourth-order valence-electron chi connectivity index (χ4n) is 2.80. The van der Waals surface area contributed by atoms with Gasteiger partial charge in [0.2, 0.25) is 0 Å². The summed E-state index contributed by atoms with van der Waals surface area (Å²) in [5.74, 6) is -1.38. The molecule has 0 amide bonds. The van der Waals surface area contributed by atoms with Gasteiger partial charge in [-0.1, -0.05) is 18.9 Å². The Kier molecular flexibility index (Phi) is 4.07. The highest BCUT2D eigenvalue weighted by Gasteiger charge is 2.42. The van der Waals surface area contributed by atoms with E-state index in [1.807, 2.05) is 0 Å². The largest absolute Gasteiger partial charge is 0.419 e. The summed E-state index contributed by atoms with van der Waals surface area (Å²) in [5.41, 5.74) is -2.04. The number of aliphatic hydroxyl groups excluding tert-OH is 1. The molecular weight excluding hydrogens is 276 g/mol. The summed E-state index contributed by atoms with van der Waals surface area (Å²) in [6.45, 7) is 0. The molecule has 0 aromatic heterocycles. The van der Waals surface area contributed by atoms with Crippen LogP contribution in [0, 0.1) is 5.82 Å². The molecular formula is C14H16F4O2. The van der Waals surface area contributed by atoms with E-state index in [1.54, 1.807) is 0 Å². The SMILES string of the molecule is COC1(C(O)c2ccc(C(F)(F)F)c(F)c2)CCCC1. The monoisotopic (exact) mass is 292 g/mol. The fourth-order valence-corrected chi connectivity index (χ4v) is 2.80. The van der Waals surface area contributed by atoms with Crippen LogP contribution in [0.2, 0.25) is 0 Å². The number of ether oxygens (including phenoxy) is 1. The minimum Gasteiger partial charge on any atom is -0.385 e. The predicted molar refractivity (Wildman–Crippen MR) is 64.6 cm³/mol. The number of methoxy groups -OCH3 is 1. The van der Waals surface area contributed by atoms with E-state index in [1.165, 1.54) is 7.11 Å². The number of alkyl halides is 3. The average Bonchev–Trinajstić information content (AvgIpc) is 2.86. The first kappa shape index (κ1) is 15.3. The van der Waals surface area contributed by atoms with Crippen LogP contribution >= 0.6 is 0 Å². The molecule has 1 unspecified atom stereocenters. The lowest BCUT2D eigenvalue weighted by Crippen LogP contribution is -2.35. The molecule has 1 aromatic carbocycles. The van der Waals surface area contributed by atoms with Crippen LogP contribution in [0.15, 0.2) is 18.2 Å². The molecule has 6 heteroatoms. The van der Waals surface area contributed by atoms with E-state index in [9.17, 15) is 22.7 Å². The van der Waals surface area contributed by atoms with Crippen molar-refractivity contribution in [3.05, 3.63) is 35.1 Å². The van der Waals surface area contributed by atoms with Gasteiger partial charge in [-0.3, -0.25) is 0 Å². The zero-order chi connectivity index (χ0) is 15.0. The van der Waals surface area contributed by atoms with Gasteiger partial charge in [-0.05, 0) is 30.5 Å². The van der Waals surface area contributed by atoms with Gasteiger partial charge < -0.3 is 9.84 Å². The maximum atomic E-state index is 13.6. The van der Waals surface area contributed by atoms with Crippen LogP contribution in [0.5, 0.6) is 0 Å². The minimum atomic E-state index is -4.74. The smallest absolute Gasteiger partial charge is 0.385 e. The maximum absolute atomic E-state index is 13.6. The second-order valence-corrected chi connectivity index (χ2v) is 5.12. The van der Waals surface area contributed by atoms with E-state index >= 15 is 0 Å². The molecule has 0 heterocycles. The Hall–Kier alpha value is -1.14. The molecule has 1 fully saturated rings. The van der Waals surface area contributed by atoms with Crippen LogP contribution in [0.4, 0.5) is 17.6 Å². The lowest BCUT2D eigenvalue weighted by atomic mass is 9.88. The Bertz CT molecular complexity index is 479. The van der Waals surface area contributed by atoms with E-state index < -0.39 is 29.3 Å². The van der Waals surface area contributed by atoms with Gasteiger partial charge in [0, 0.05) is 7.11 Å². The maximum Gasteiger partial charge on any atom is 0.419 e. The van der Waals surface area contributed by atoms with Crippen molar-refractivity contribution < 1.29 is 27.4 Å². The van der Waals surface area contributed by atoms with Gasteiger partial charge in [-0.25, -0.2) is 4.39 Å². The van der Waals surface area contributed by atoms with Gasteiger partial charge in [0.05, 0.1) is 11.2 Å². The van der Waals surface area contributed by atoms with E-state index in [4.69, 9.17) is 4.74 Å². The van der Waals surface area contributed by atoms with Crippen LogP contribution < -0.4 is 0 Å². The third-order valence-electron chi connectivity index (χ3n) is 3.97. The van der Waals surface area contributed by atoms with Crippen LogP contribution in [0.3, 0.4) is 0 Å². The van der Waals surface area contributed by atoms with Crippen LogP contribution in [-0.2, 0) is 10.9 Å². The molecule has 0 spiro atoms. The molecule has 1 aromatic rings. The summed E-state index contributed by atoms with van der Waals surface area (Å²) in [5, 5.41) is 10.3. The molecule has 1 aliphatic rings. The van der Waals surface area contributed by atoms with Crippen molar-refractivity contribution in [3.63, 3.8) is 0 Å². The lowest BCUT2D eigenvalue weighted by molar-refractivity contribution is -0.140. The number of aliphatic hydroxyl groups is 1. The lowest BCUT2D eigenvalue weighted by Gasteiger charge is -2.33. The Balaban J connectivity index is 2.32. The number of halogens is 4. The Morgan fingerprint density at radius 1 is 1.25 bits per heavy atom. The first-order valence-electron chi connectivity index (χ1n) is 6.40. The standard InChI is InChI=1S/C14H16F4O2/c1-20-13(6-2-3-7-13)12(19)9-4-5-10(11(15)8-9)14(16,17)18/h4-5,8,12,19H,2-3,6-7H2,1H3. The van der Waals surface area contributed by atoms with Crippen molar-refractivity contribution in [1.29, 1.82) is 0 Å². The molecule has 0 radical (unpaired) electrons. The van der Waals surface area contributed by atoms with Gasteiger partial charge in [0.25, 0.3) is 0 Å². The summed E-state index contributed by atoms with van der Waals surface area (Å²) >= 11 is 0. The van der Waals surface area contributed by atoms with E-state index in [0.29, 0.717) is 18.9 Å². The molecule has 0 saturated heterocycles. The quantitative estimate of drug-likeness (QED) is 0.858. The van der Waals surface area contributed by atoms with Gasteiger partial charge in [-0.2, -0.15) is 13.2 Å². The second-order valence-electron chi connectivity index (χ2n) is 5.12. The Labute approximate surface area is 114 Å². The van der Waals surface area contributed by atoms with Crippen LogP contribution in [0.1, 0.15) is 42.9 Å². The van der Waals surface area contributed by atoms with Gasteiger partial charge in [-0.15, -0.1) is 0 Å². The summed E-state index contributed by atoms with van der Waals surface area (Å²) in [7, 11) is 1.45. The van der Waals surface area contributed by atoms with Crippen molar-refractivity contribution in [1.82, 2.24) is 0 Å². The highest BCUT2D eigenvalue weighted by molar-refractivity contribution is 5.29. The topological polar surface area (TPSA) is 29.5 Å². The Morgan fingerprint density at radius 3 is 2.30 bits per heavy atom. The summed E-state index contributed by atoms with van der Waals surface area (Å²) in [6.07, 6.45) is -2.92. The molecule has 20 heavy (non-hydrogen) atoms. The van der Waals surface area contributed by atoms with E-state index in [-0.39, 0.29) is 5.56 Å². The highest BCUT2D eigenvalue weighted by Crippen LogP contribution is 2.43. The first-order valence-corrected chi connectivity index (χ1v) is 6.40. The van der Waals surface area contributed by atoms with Crippen LogP contribution in [-0.4, -0.2) is 17.8 Å². The summed E-state index contributed by atoms with van der Waals surface area (Å²) in [6, 6.07) is 2.51. The molecule has 1 N–H and O–H groups in total. The van der Waals surface area contributed by atoms with Crippen molar-refractivity contribution in [2.75, 3.05) is 7.11 Å². The normalized spacial score (nSPS) is 20.1. The summed E-state index contributed by atoms with van der Waals surface area (Å²) < 4.78 is 56.4. The summed E-state index contributed by atoms with van der Waals surface area (Å²) in [4.78, 5) is 0. The predicted octanol–water partition coefficient (Wildman–Crippen LogP) is 3.84. The van der Waals surface area contributed by atoms with Crippen molar-refractivity contribution in [3.8, 4) is 0 Å². The third kappa shape index (κ3) is 2.67. The molecule has 2 rings (SSSR count). The molecule has 0 bridgehead atoms. The third-order valence-corrected chi connectivity index (χ3v) is 3.97. The number of benzene rings is 1. The molecule has 1 saturated carbocycles. The zero-order valence-electron chi connectivity index (χ0n) is 11.0. The highest BCUT2D eigenvalue weighted by atomic mass is 19.4.